The second kappa shape index (κ2) is 7.27. The molecule has 1 heterocycles. The molecule has 0 bridgehead atoms. The van der Waals surface area contributed by atoms with Gasteiger partial charge in [0.15, 0.2) is 0 Å². The quantitative estimate of drug-likeness (QED) is 0.872. The van der Waals surface area contributed by atoms with E-state index in [2.05, 4.69) is 25.6 Å². The lowest BCUT2D eigenvalue weighted by molar-refractivity contribution is -0.274. The third-order valence-electron chi connectivity index (χ3n) is 2.52. The maximum Gasteiger partial charge on any atom is 0.573 e. The summed E-state index contributed by atoms with van der Waals surface area (Å²) < 4.78 is 40.2. The van der Waals surface area contributed by atoms with Gasteiger partial charge in [-0.25, -0.2) is 4.79 Å². The van der Waals surface area contributed by atoms with Crippen LogP contribution in [0.4, 0.5) is 23.7 Å². The number of nitrogens with one attached hydrogen (secondary N) is 2. The Kier molecular flexibility index (Phi) is 5.37. The first-order valence-corrected chi connectivity index (χ1v) is 7.33. The van der Waals surface area contributed by atoms with Gasteiger partial charge in [-0.1, -0.05) is 6.07 Å². The first kappa shape index (κ1) is 17.0. The molecule has 0 saturated heterocycles. The molecule has 124 valence electrons. The van der Waals surface area contributed by atoms with E-state index in [4.69, 9.17) is 0 Å². The van der Waals surface area contributed by atoms with Crippen LogP contribution in [-0.4, -0.2) is 29.1 Å². The average Bonchev–Trinajstić information content (AvgIpc) is 2.83. The van der Waals surface area contributed by atoms with Gasteiger partial charge in [-0.2, -0.15) is 0 Å². The fourth-order valence-electron chi connectivity index (χ4n) is 1.67. The molecule has 0 unspecified atom stereocenters. The molecule has 23 heavy (non-hydrogen) atoms. The molecule has 0 aliphatic carbocycles. The second-order valence-corrected chi connectivity index (χ2v) is 5.69. The Hall–Kier alpha value is -2.36. The molecule has 0 radical (unpaired) electrons. The van der Waals surface area contributed by atoms with Gasteiger partial charge in [0.2, 0.25) is 0 Å². The van der Waals surface area contributed by atoms with Crippen molar-refractivity contribution >= 4 is 23.1 Å². The number of halogens is 3. The number of nitrogens with zero attached hydrogens (tertiary/aromatic N) is 2. The first-order valence-electron chi connectivity index (χ1n) is 6.51. The molecule has 2 N–H and O–H groups in total. The van der Waals surface area contributed by atoms with Gasteiger partial charge in [0.05, 0.1) is 0 Å². The highest BCUT2D eigenvalue weighted by molar-refractivity contribution is 7.11. The Morgan fingerprint density at radius 3 is 2.78 bits per heavy atom. The summed E-state index contributed by atoms with van der Waals surface area (Å²) in [7, 11) is 0. The van der Waals surface area contributed by atoms with Gasteiger partial charge in [-0.05, 0) is 19.1 Å². The number of hydrogen-bond donors (Lipinski definition) is 2. The normalized spacial score (nSPS) is 11.1. The van der Waals surface area contributed by atoms with Crippen LogP contribution >= 0.6 is 11.3 Å². The summed E-state index contributed by atoms with van der Waals surface area (Å²) in [5, 5.41) is 14.4. The second-order valence-electron chi connectivity index (χ2n) is 4.42. The third-order valence-corrected chi connectivity index (χ3v) is 3.42. The Morgan fingerprint density at radius 1 is 1.35 bits per heavy atom. The van der Waals surface area contributed by atoms with E-state index in [1.54, 1.807) is 0 Å². The van der Waals surface area contributed by atoms with E-state index in [0.717, 1.165) is 22.1 Å². The highest BCUT2D eigenvalue weighted by Gasteiger charge is 2.31. The first-order chi connectivity index (χ1) is 10.8. The van der Waals surface area contributed by atoms with Crippen LogP contribution < -0.4 is 15.4 Å². The van der Waals surface area contributed by atoms with Crippen LogP contribution in [0.5, 0.6) is 5.75 Å². The van der Waals surface area contributed by atoms with Crippen LogP contribution in [0.2, 0.25) is 0 Å². The van der Waals surface area contributed by atoms with Gasteiger partial charge >= 0.3 is 12.4 Å². The number of aryl methyl sites for hydroxylation is 1. The number of carbonyl (C=O) groups excluding carboxylic acids is 1. The minimum Gasteiger partial charge on any atom is -0.406 e. The summed E-state index contributed by atoms with van der Waals surface area (Å²) in [6, 6.07) is 4.50. The highest BCUT2D eigenvalue weighted by atomic mass is 32.1. The molecular weight excluding hydrogens is 333 g/mol. The number of anilines is 1. The van der Waals surface area contributed by atoms with Crippen molar-refractivity contribution in [2.45, 2.75) is 19.7 Å². The van der Waals surface area contributed by atoms with Gasteiger partial charge < -0.3 is 15.4 Å². The topological polar surface area (TPSA) is 76.1 Å². The minimum atomic E-state index is -4.78. The van der Waals surface area contributed by atoms with Crippen molar-refractivity contribution in [1.82, 2.24) is 15.5 Å². The number of amides is 2. The standard InChI is InChI=1S/C13H13F3N4O2S/c1-8-19-20-11(23-8)5-6-17-12(21)18-9-3-2-4-10(7-9)22-13(14,15)16/h2-4,7H,5-6H2,1H3,(H2,17,18,21). The van der Waals surface area contributed by atoms with E-state index in [9.17, 15) is 18.0 Å². The van der Waals surface area contributed by atoms with Crippen LogP contribution in [0.15, 0.2) is 24.3 Å². The molecule has 2 aromatic rings. The molecule has 2 rings (SSSR count). The van der Waals surface area contributed by atoms with Crippen molar-refractivity contribution in [3.63, 3.8) is 0 Å². The van der Waals surface area contributed by atoms with Crippen molar-refractivity contribution < 1.29 is 22.7 Å². The van der Waals surface area contributed by atoms with E-state index >= 15 is 0 Å². The van der Waals surface area contributed by atoms with E-state index in [0.29, 0.717) is 13.0 Å². The van der Waals surface area contributed by atoms with Gasteiger partial charge in [0.1, 0.15) is 15.8 Å². The Balaban J connectivity index is 1.81. The minimum absolute atomic E-state index is 0.191. The van der Waals surface area contributed by atoms with Crippen molar-refractivity contribution in [3.8, 4) is 5.75 Å². The van der Waals surface area contributed by atoms with E-state index in [1.807, 2.05) is 6.92 Å². The number of alkyl halides is 3. The van der Waals surface area contributed by atoms with Crippen molar-refractivity contribution in [2.75, 3.05) is 11.9 Å². The molecule has 0 spiro atoms. The smallest absolute Gasteiger partial charge is 0.406 e. The lowest BCUT2D eigenvalue weighted by Crippen LogP contribution is -2.30. The van der Waals surface area contributed by atoms with Crippen LogP contribution in [0.25, 0.3) is 0 Å². The van der Waals surface area contributed by atoms with E-state index < -0.39 is 18.1 Å². The average molecular weight is 346 g/mol. The lowest BCUT2D eigenvalue weighted by Gasteiger charge is -2.11. The van der Waals surface area contributed by atoms with Crippen LogP contribution in [-0.2, 0) is 6.42 Å². The summed E-state index contributed by atoms with van der Waals surface area (Å²) >= 11 is 1.43. The number of ether oxygens (including phenoxy) is 1. The van der Waals surface area contributed by atoms with Gasteiger partial charge in [0, 0.05) is 24.7 Å². The predicted octanol–water partition coefficient (Wildman–Crippen LogP) is 3.11. The SMILES string of the molecule is Cc1nnc(CCNC(=O)Nc2cccc(OC(F)(F)F)c2)s1. The summed E-state index contributed by atoms with van der Waals surface area (Å²) in [5.41, 5.74) is 0.191. The van der Waals surface area contributed by atoms with Gasteiger partial charge in [-0.3, -0.25) is 0 Å². The lowest BCUT2D eigenvalue weighted by atomic mass is 10.3. The highest BCUT2D eigenvalue weighted by Crippen LogP contribution is 2.24. The molecular formula is C13H13F3N4O2S. The molecule has 0 fully saturated rings. The Bertz CT molecular complexity index is 675. The largest absolute Gasteiger partial charge is 0.573 e. The summed E-state index contributed by atoms with van der Waals surface area (Å²) in [6.45, 7) is 2.16. The van der Waals surface area contributed by atoms with Crippen LogP contribution in [0, 0.1) is 6.92 Å². The maximum atomic E-state index is 12.1. The summed E-state index contributed by atoms with van der Waals surface area (Å²) in [4.78, 5) is 11.7. The van der Waals surface area contributed by atoms with Gasteiger partial charge in [-0.15, -0.1) is 34.7 Å². The summed E-state index contributed by atoms with van der Waals surface area (Å²) in [5.74, 6) is -0.403. The Morgan fingerprint density at radius 2 is 2.13 bits per heavy atom. The van der Waals surface area contributed by atoms with Gasteiger partial charge in [0.25, 0.3) is 0 Å². The van der Waals surface area contributed by atoms with Crippen molar-refractivity contribution in [1.29, 1.82) is 0 Å². The van der Waals surface area contributed by atoms with Crippen molar-refractivity contribution in [3.05, 3.63) is 34.3 Å². The molecule has 10 heteroatoms. The molecule has 0 saturated carbocycles. The molecule has 1 aromatic heterocycles. The predicted molar refractivity (Wildman–Crippen MR) is 78.5 cm³/mol. The molecule has 1 aromatic carbocycles. The van der Waals surface area contributed by atoms with E-state index in [-0.39, 0.29) is 5.69 Å². The zero-order valence-corrected chi connectivity index (χ0v) is 12.8. The third kappa shape index (κ3) is 6.10. The molecule has 0 aliphatic heterocycles. The zero-order chi connectivity index (χ0) is 16.9. The molecule has 2 amide bonds. The van der Waals surface area contributed by atoms with E-state index in [1.165, 1.54) is 23.5 Å². The Labute approximate surface area is 133 Å². The fourth-order valence-corrected chi connectivity index (χ4v) is 2.38. The number of benzene rings is 1. The maximum absolute atomic E-state index is 12.1. The molecule has 6 nitrogen and oxygen atoms in total. The number of aromatic nitrogens is 2. The molecule has 0 atom stereocenters. The molecule has 0 aliphatic rings. The number of rotatable bonds is 5. The van der Waals surface area contributed by atoms with Crippen molar-refractivity contribution in [2.24, 2.45) is 0 Å². The zero-order valence-electron chi connectivity index (χ0n) is 12.0. The number of hydrogen-bond acceptors (Lipinski definition) is 5. The van der Waals surface area contributed by atoms with Crippen LogP contribution in [0.1, 0.15) is 10.0 Å². The number of urea groups is 1. The monoisotopic (exact) mass is 346 g/mol. The van der Waals surface area contributed by atoms with Crippen LogP contribution in [0.3, 0.4) is 0 Å². The number of carbonyl (C=O) groups is 1. The fraction of sp³-hybridized carbons (Fsp3) is 0.308. The summed E-state index contributed by atoms with van der Waals surface area (Å²) in [6.07, 6.45) is -4.25.